The lowest BCUT2D eigenvalue weighted by Crippen LogP contribution is -2.34. The van der Waals surface area contributed by atoms with Gasteiger partial charge >= 0.3 is 0 Å². The Labute approximate surface area is 127 Å². The lowest BCUT2D eigenvalue weighted by atomic mass is 9.74. The molecule has 2 heteroatoms. The highest BCUT2D eigenvalue weighted by atomic mass is 16.5. The molecule has 0 aliphatic heterocycles. The van der Waals surface area contributed by atoms with Gasteiger partial charge in [0.1, 0.15) is 0 Å². The topological polar surface area (TPSA) is 18.5 Å². The molecular weight excluding hydrogens is 248 g/mol. The summed E-state index contributed by atoms with van der Waals surface area (Å²) in [6.07, 6.45) is 11.7. The minimum atomic E-state index is 0.229. The number of methoxy groups -OCH3 is 2. The van der Waals surface area contributed by atoms with Crippen LogP contribution in [-0.4, -0.2) is 27.4 Å². The molecule has 0 aliphatic rings. The van der Waals surface area contributed by atoms with Crippen LogP contribution in [0.1, 0.15) is 78.6 Å². The third-order valence-corrected chi connectivity index (χ3v) is 4.48. The molecule has 0 spiro atoms. The minimum absolute atomic E-state index is 0.229. The largest absolute Gasteiger partial charge is 0.384 e. The van der Waals surface area contributed by atoms with Crippen LogP contribution in [0.4, 0.5) is 0 Å². The molecule has 0 aliphatic carbocycles. The van der Waals surface area contributed by atoms with Crippen LogP contribution in [0.3, 0.4) is 0 Å². The Bertz CT molecular complexity index is 198. The second kappa shape index (κ2) is 12.6. The summed E-state index contributed by atoms with van der Waals surface area (Å²) in [4.78, 5) is 0. The summed E-state index contributed by atoms with van der Waals surface area (Å²) in [7, 11) is 3.66. The predicted octanol–water partition coefficient (Wildman–Crippen LogP) is 5.45. The van der Waals surface area contributed by atoms with E-state index in [0.29, 0.717) is 0 Å². The average molecular weight is 286 g/mol. The van der Waals surface area contributed by atoms with Crippen LogP contribution >= 0.6 is 0 Å². The summed E-state index contributed by atoms with van der Waals surface area (Å²) in [5.41, 5.74) is 0.229. The van der Waals surface area contributed by atoms with E-state index in [1.807, 2.05) is 14.2 Å². The molecule has 0 bridgehead atoms. The molecule has 2 nitrogen and oxygen atoms in total. The monoisotopic (exact) mass is 286 g/mol. The van der Waals surface area contributed by atoms with Crippen molar-refractivity contribution in [1.82, 2.24) is 0 Å². The fraction of sp³-hybridized carbons (Fsp3) is 1.00. The number of hydrogen-bond acceptors (Lipinski definition) is 2. The van der Waals surface area contributed by atoms with Crippen molar-refractivity contribution in [3.8, 4) is 0 Å². The van der Waals surface area contributed by atoms with Gasteiger partial charge in [-0.1, -0.05) is 65.7 Å². The first-order valence-corrected chi connectivity index (χ1v) is 8.65. The quantitative estimate of drug-likeness (QED) is 0.395. The van der Waals surface area contributed by atoms with E-state index in [1.165, 1.54) is 57.8 Å². The van der Waals surface area contributed by atoms with Gasteiger partial charge in [-0.25, -0.2) is 0 Å². The summed E-state index contributed by atoms with van der Waals surface area (Å²) in [5.74, 6) is 0.821. The highest BCUT2D eigenvalue weighted by molar-refractivity contribution is 4.82. The second-order valence-corrected chi connectivity index (χ2v) is 6.44. The van der Waals surface area contributed by atoms with Gasteiger partial charge in [0.15, 0.2) is 0 Å². The Morgan fingerprint density at radius 3 is 1.90 bits per heavy atom. The maximum absolute atomic E-state index is 5.56. The van der Waals surface area contributed by atoms with Crippen LogP contribution < -0.4 is 0 Å². The molecule has 0 heterocycles. The molecule has 0 fully saturated rings. The van der Waals surface area contributed by atoms with Crippen molar-refractivity contribution < 1.29 is 9.47 Å². The Hall–Kier alpha value is -0.0800. The highest BCUT2D eigenvalue weighted by Crippen LogP contribution is 2.36. The Balaban J connectivity index is 4.66. The van der Waals surface area contributed by atoms with Crippen LogP contribution in [0, 0.1) is 11.3 Å². The SMILES string of the molecule is CCCCCC(COC)(COC)CC(CC)CCCC. The van der Waals surface area contributed by atoms with Crippen molar-refractivity contribution in [1.29, 1.82) is 0 Å². The van der Waals surface area contributed by atoms with E-state index in [9.17, 15) is 0 Å². The maximum Gasteiger partial charge on any atom is 0.0540 e. The molecule has 0 N–H and O–H groups in total. The maximum atomic E-state index is 5.56. The van der Waals surface area contributed by atoms with Crippen molar-refractivity contribution in [2.75, 3.05) is 27.4 Å². The van der Waals surface area contributed by atoms with E-state index in [-0.39, 0.29) is 5.41 Å². The third kappa shape index (κ3) is 8.26. The average Bonchev–Trinajstić information content (AvgIpc) is 2.44. The van der Waals surface area contributed by atoms with Gasteiger partial charge in [-0.3, -0.25) is 0 Å². The molecule has 0 rings (SSSR count). The van der Waals surface area contributed by atoms with E-state index < -0.39 is 0 Å². The molecule has 0 saturated carbocycles. The third-order valence-electron chi connectivity index (χ3n) is 4.48. The summed E-state index contributed by atoms with van der Waals surface area (Å²) >= 11 is 0. The number of ether oxygens (including phenoxy) is 2. The molecule has 1 atom stereocenters. The second-order valence-electron chi connectivity index (χ2n) is 6.44. The minimum Gasteiger partial charge on any atom is -0.384 e. The first-order chi connectivity index (χ1) is 9.67. The van der Waals surface area contributed by atoms with Gasteiger partial charge in [0, 0.05) is 19.6 Å². The van der Waals surface area contributed by atoms with E-state index >= 15 is 0 Å². The summed E-state index contributed by atoms with van der Waals surface area (Å²) in [6, 6.07) is 0. The molecule has 0 aromatic heterocycles. The van der Waals surface area contributed by atoms with Crippen LogP contribution in [0.15, 0.2) is 0 Å². The lowest BCUT2D eigenvalue weighted by Gasteiger charge is -2.36. The molecule has 0 saturated heterocycles. The van der Waals surface area contributed by atoms with Crippen molar-refractivity contribution in [2.45, 2.75) is 78.6 Å². The van der Waals surface area contributed by atoms with Crippen LogP contribution in [0.2, 0.25) is 0 Å². The van der Waals surface area contributed by atoms with Crippen LogP contribution in [-0.2, 0) is 9.47 Å². The predicted molar refractivity (Wildman–Crippen MR) is 88.3 cm³/mol. The molecule has 0 aromatic rings. The first kappa shape index (κ1) is 19.9. The Morgan fingerprint density at radius 1 is 0.850 bits per heavy atom. The Morgan fingerprint density at radius 2 is 1.45 bits per heavy atom. The summed E-state index contributed by atoms with van der Waals surface area (Å²) in [5, 5.41) is 0. The van der Waals surface area contributed by atoms with Crippen molar-refractivity contribution >= 4 is 0 Å². The van der Waals surface area contributed by atoms with E-state index in [2.05, 4.69) is 20.8 Å². The highest BCUT2D eigenvalue weighted by Gasteiger charge is 2.32. The normalized spacial score (nSPS) is 13.7. The van der Waals surface area contributed by atoms with E-state index in [0.717, 1.165) is 19.1 Å². The van der Waals surface area contributed by atoms with Gasteiger partial charge in [0.25, 0.3) is 0 Å². The zero-order chi connectivity index (χ0) is 15.3. The molecule has 20 heavy (non-hydrogen) atoms. The molecular formula is C18H38O2. The molecule has 1 unspecified atom stereocenters. The van der Waals surface area contributed by atoms with Crippen molar-refractivity contribution in [3.05, 3.63) is 0 Å². The van der Waals surface area contributed by atoms with Crippen molar-refractivity contribution in [3.63, 3.8) is 0 Å². The smallest absolute Gasteiger partial charge is 0.0540 e. The standard InChI is InChI=1S/C18H38O2/c1-6-9-11-13-18(15-19-4,16-20-5)14-17(8-3)12-10-7-2/h17H,6-16H2,1-5H3. The fourth-order valence-electron chi connectivity index (χ4n) is 3.32. The molecule has 0 radical (unpaired) electrons. The van der Waals surface area contributed by atoms with E-state index in [1.54, 1.807) is 0 Å². The van der Waals surface area contributed by atoms with E-state index in [4.69, 9.17) is 9.47 Å². The van der Waals surface area contributed by atoms with Gasteiger partial charge in [-0.2, -0.15) is 0 Å². The van der Waals surface area contributed by atoms with Crippen LogP contribution in [0.25, 0.3) is 0 Å². The van der Waals surface area contributed by atoms with Gasteiger partial charge in [0.2, 0.25) is 0 Å². The zero-order valence-electron chi connectivity index (χ0n) is 14.7. The zero-order valence-corrected chi connectivity index (χ0v) is 14.7. The molecule has 0 amide bonds. The van der Waals surface area contributed by atoms with Gasteiger partial charge < -0.3 is 9.47 Å². The Kier molecular flexibility index (Phi) is 12.6. The summed E-state index contributed by atoms with van der Waals surface area (Å²) < 4.78 is 11.1. The first-order valence-electron chi connectivity index (χ1n) is 8.65. The van der Waals surface area contributed by atoms with Gasteiger partial charge in [-0.05, 0) is 18.8 Å². The lowest BCUT2D eigenvalue weighted by molar-refractivity contribution is -0.0144. The van der Waals surface area contributed by atoms with Gasteiger partial charge in [-0.15, -0.1) is 0 Å². The number of hydrogen-bond donors (Lipinski definition) is 0. The number of rotatable bonds is 14. The molecule has 122 valence electrons. The summed E-state index contributed by atoms with van der Waals surface area (Å²) in [6.45, 7) is 8.56. The molecule has 0 aromatic carbocycles. The van der Waals surface area contributed by atoms with Crippen LogP contribution in [0.5, 0.6) is 0 Å². The number of unbranched alkanes of at least 4 members (excludes halogenated alkanes) is 3. The fourth-order valence-corrected chi connectivity index (χ4v) is 3.32. The van der Waals surface area contributed by atoms with Gasteiger partial charge in [0.05, 0.1) is 13.2 Å². The van der Waals surface area contributed by atoms with Crippen molar-refractivity contribution in [2.24, 2.45) is 11.3 Å².